The molecule has 0 aliphatic heterocycles. The van der Waals surface area contributed by atoms with Gasteiger partial charge < -0.3 is 4.74 Å². The van der Waals surface area contributed by atoms with Crippen molar-refractivity contribution >= 4 is 45.1 Å². The Morgan fingerprint density at radius 2 is 2.00 bits per heavy atom. The normalized spacial score (nSPS) is 11.7. The summed E-state index contributed by atoms with van der Waals surface area (Å²) < 4.78 is 5.27. The topological polar surface area (TPSA) is 64.1 Å². The van der Waals surface area contributed by atoms with Gasteiger partial charge in [0.2, 0.25) is 0 Å². The number of hydrogen-bond acceptors (Lipinski definition) is 5. The van der Waals surface area contributed by atoms with Gasteiger partial charge in [0.1, 0.15) is 22.1 Å². The van der Waals surface area contributed by atoms with Gasteiger partial charge in [0.25, 0.3) is 0 Å². The van der Waals surface area contributed by atoms with Gasteiger partial charge in [-0.05, 0) is 40.2 Å². The van der Waals surface area contributed by atoms with E-state index in [-0.39, 0.29) is 5.88 Å². The molecule has 2 aromatic heterocycles. The van der Waals surface area contributed by atoms with E-state index in [1.807, 2.05) is 34.6 Å². The van der Waals surface area contributed by atoms with Crippen molar-refractivity contribution in [1.82, 2.24) is 9.97 Å². The summed E-state index contributed by atoms with van der Waals surface area (Å²) in [6, 6.07) is 0. The fourth-order valence-corrected chi connectivity index (χ4v) is 3.01. The number of hydrogen-bond donors (Lipinski definition) is 1. The minimum Gasteiger partial charge on any atom is -0.444 e. The molecule has 1 N–H and O–H groups in total. The lowest BCUT2D eigenvalue weighted by Gasteiger charge is -2.19. The van der Waals surface area contributed by atoms with E-state index in [9.17, 15) is 4.79 Å². The van der Waals surface area contributed by atoms with Crippen molar-refractivity contribution in [3.05, 3.63) is 16.3 Å². The van der Waals surface area contributed by atoms with Gasteiger partial charge in [-0.15, -0.1) is 22.9 Å². The first-order chi connectivity index (χ1) is 9.71. The van der Waals surface area contributed by atoms with Crippen LogP contribution in [0.25, 0.3) is 10.2 Å². The number of thiophene rings is 1. The summed E-state index contributed by atoms with van der Waals surface area (Å²) in [5, 5.41) is 3.55. The number of fused-ring (bicyclic) bond motifs is 1. The highest BCUT2D eigenvalue weighted by Crippen LogP contribution is 2.33. The van der Waals surface area contributed by atoms with E-state index in [0.717, 1.165) is 20.7 Å². The molecule has 0 unspecified atom stereocenters. The Bertz CT molecular complexity index is 692. The summed E-state index contributed by atoms with van der Waals surface area (Å²) >= 11 is 7.39. The third-order valence-electron chi connectivity index (χ3n) is 2.81. The van der Waals surface area contributed by atoms with Crippen molar-refractivity contribution in [2.45, 2.75) is 46.1 Å². The molecule has 2 rings (SSSR count). The SMILES string of the molecule is Cc1sc2nc(CCl)nc(NC(=O)OC(C)(C)C)c2c1C. The number of alkyl halides is 1. The Balaban J connectivity index is 2.44. The predicted octanol–water partition coefficient (Wildman–Crippen LogP) is 4.39. The number of ether oxygens (including phenoxy) is 1. The van der Waals surface area contributed by atoms with Crippen LogP contribution in [-0.2, 0) is 10.6 Å². The van der Waals surface area contributed by atoms with Crippen LogP contribution in [0.1, 0.15) is 37.0 Å². The summed E-state index contributed by atoms with van der Waals surface area (Å²) in [6.07, 6.45) is -0.536. The number of nitrogens with one attached hydrogen (secondary N) is 1. The molecule has 2 heterocycles. The Kier molecular flexibility index (Phi) is 4.39. The fourth-order valence-electron chi connectivity index (χ4n) is 1.84. The Labute approximate surface area is 132 Å². The lowest BCUT2D eigenvalue weighted by Crippen LogP contribution is -2.27. The first kappa shape index (κ1) is 16.0. The minimum absolute atomic E-state index is 0.189. The second-order valence-electron chi connectivity index (χ2n) is 5.71. The maximum atomic E-state index is 12.0. The van der Waals surface area contributed by atoms with Crippen molar-refractivity contribution in [1.29, 1.82) is 0 Å². The van der Waals surface area contributed by atoms with Crippen LogP contribution in [0, 0.1) is 13.8 Å². The highest BCUT2D eigenvalue weighted by Gasteiger charge is 2.20. The van der Waals surface area contributed by atoms with Crippen LogP contribution in [0.15, 0.2) is 0 Å². The summed E-state index contributed by atoms with van der Waals surface area (Å²) in [5.74, 6) is 1.12. The molecule has 0 saturated carbocycles. The van der Waals surface area contributed by atoms with E-state index in [1.54, 1.807) is 11.3 Å². The van der Waals surface area contributed by atoms with Crippen LogP contribution in [0.2, 0.25) is 0 Å². The number of rotatable bonds is 2. The monoisotopic (exact) mass is 327 g/mol. The van der Waals surface area contributed by atoms with Crippen LogP contribution in [-0.4, -0.2) is 21.7 Å². The molecule has 2 aromatic rings. The van der Waals surface area contributed by atoms with E-state index >= 15 is 0 Å². The van der Waals surface area contributed by atoms with Gasteiger partial charge in [-0.25, -0.2) is 14.8 Å². The first-order valence-corrected chi connectivity index (χ1v) is 7.89. The van der Waals surface area contributed by atoms with Crippen molar-refractivity contribution in [3.63, 3.8) is 0 Å². The van der Waals surface area contributed by atoms with Crippen LogP contribution >= 0.6 is 22.9 Å². The molecule has 0 aliphatic rings. The number of nitrogens with zero attached hydrogens (tertiary/aromatic N) is 2. The van der Waals surface area contributed by atoms with Gasteiger partial charge in [0.15, 0.2) is 0 Å². The Hall–Kier alpha value is -1.40. The molecule has 0 bridgehead atoms. The van der Waals surface area contributed by atoms with Gasteiger partial charge >= 0.3 is 6.09 Å². The molecule has 0 aliphatic carbocycles. The smallest absolute Gasteiger partial charge is 0.413 e. The number of amides is 1. The maximum Gasteiger partial charge on any atom is 0.413 e. The van der Waals surface area contributed by atoms with Crippen molar-refractivity contribution in [2.24, 2.45) is 0 Å². The van der Waals surface area contributed by atoms with Crippen molar-refractivity contribution < 1.29 is 9.53 Å². The molecule has 7 heteroatoms. The molecule has 5 nitrogen and oxygen atoms in total. The molecular weight excluding hydrogens is 310 g/mol. The highest BCUT2D eigenvalue weighted by atomic mass is 35.5. The number of carbonyl (C=O) groups excluding carboxylic acids is 1. The fraction of sp³-hybridized carbons (Fsp3) is 0.500. The van der Waals surface area contributed by atoms with Crippen LogP contribution < -0.4 is 5.32 Å². The molecule has 0 aromatic carbocycles. The third-order valence-corrected chi connectivity index (χ3v) is 4.15. The van der Waals surface area contributed by atoms with Crippen LogP contribution in [0.5, 0.6) is 0 Å². The van der Waals surface area contributed by atoms with Gasteiger partial charge in [-0.2, -0.15) is 0 Å². The number of halogens is 1. The summed E-state index contributed by atoms with van der Waals surface area (Å²) in [4.78, 5) is 22.6. The van der Waals surface area contributed by atoms with Gasteiger partial charge in [-0.3, -0.25) is 5.32 Å². The Morgan fingerprint density at radius 3 is 2.57 bits per heavy atom. The predicted molar refractivity (Wildman–Crippen MR) is 86.3 cm³/mol. The van der Waals surface area contributed by atoms with Crippen LogP contribution in [0.4, 0.5) is 10.6 Å². The number of anilines is 1. The van der Waals surface area contributed by atoms with E-state index < -0.39 is 11.7 Å². The average molecular weight is 328 g/mol. The third kappa shape index (κ3) is 3.63. The van der Waals surface area contributed by atoms with Gasteiger partial charge in [-0.1, -0.05) is 0 Å². The molecule has 1 amide bonds. The number of aromatic nitrogens is 2. The van der Waals surface area contributed by atoms with E-state index in [2.05, 4.69) is 15.3 Å². The molecular formula is C14H18ClN3O2S. The molecule has 0 saturated heterocycles. The minimum atomic E-state index is -0.564. The van der Waals surface area contributed by atoms with Gasteiger partial charge in [0.05, 0.1) is 11.3 Å². The second-order valence-corrected chi connectivity index (χ2v) is 7.18. The van der Waals surface area contributed by atoms with Crippen molar-refractivity contribution in [2.75, 3.05) is 5.32 Å². The maximum absolute atomic E-state index is 12.0. The first-order valence-electron chi connectivity index (χ1n) is 6.54. The molecule has 21 heavy (non-hydrogen) atoms. The number of aryl methyl sites for hydroxylation is 2. The highest BCUT2D eigenvalue weighted by molar-refractivity contribution is 7.18. The van der Waals surface area contributed by atoms with Crippen molar-refractivity contribution in [3.8, 4) is 0 Å². The van der Waals surface area contributed by atoms with E-state index in [4.69, 9.17) is 16.3 Å². The van der Waals surface area contributed by atoms with Gasteiger partial charge in [0, 0.05) is 4.88 Å². The average Bonchev–Trinajstić information content (AvgIpc) is 2.62. The lowest BCUT2D eigenvalue weighted by molar-refractivity contribution is 0.0635. The molecule has 114 valence electrons. The quantitative estimate of drug-likeness (QED) is 0.831. The molecule has 0 fully saturated rings. The zero-order valence-electron chi connectivity index (χ0n) is 12.7. The zero-order valence-corrected chi connectivity index (χ0v) is 14.3. The summed E-state index contributed by atoms with van der Waals surface area (Å²) in [6.45, 7) is 9.43. The molecule has 0 radical (unpaired) electrons. The molecule has 0 atom stereocenters. The zero-order chi connectivity index (χ0) is 15.8. The summed E-state index contributed by atoms with van der Waals surface area (Å²) in [5.41, 5.74) is 0.493. The summed E-state index contributed by atoms with van der Waals surface area (Å²) in [7, 11) is 0. The number of carbonyl (C=O) groups is 1. The Morgan fingerprint density at radius 1 is 1.33 bits per heavy atom. The molecule has 0 spiro atoms. The van der Waals surface area contributed by atoms with E-state index in [1.165, 1.54) is 0 Å². The standard InChI is InChI=1S/C14H18ClN3O2S/c1-7-8(2)21-12-10(7)11(16-9(6-15)17-12)18-13(19)20-14(3,4)5/h6H2,1-5H3,(H,16,17,18,19). The van der Waals surface area contributed by atoms with Crippen LogP contribution in [0.3, 0.4) is 0 Å². The largest absolute Gasteiger partial charge is 0.444 e. The second kappa shape index (κ2) is 5.77. The lowest BCUT2D eigenvalue weighted by atomic mass is 10.2. The van der Waals surface area contributed by atoms with E-state index in [0.29, 0.717) is 11.6 Å².